The van der Waals surface area contributed by atoms with Crippen molar-refractivity contribution in [3.05, 3.63) is 46.8 Å². The molecule has 0 aliphatic carbocycles. The third-order valence-corrected chi connectivity index (χ3v) is 5.42. The molecule has 1 aromatic carbocycles. The van der Waals surface area contributed by atoms with E-state index in [0.29, 0.717) is 32.0 Å². The van der Waals surface area contributed by atoms with Gasteiger partial charge in [0, 0.05) is 26.2 Å². The molecular weight excluding hydrogens is 356 g/mol. The number of hydrogen-bond donors (Lipinski definition) is 1. The molecule has 1 unspecified atom stereocenters. The lowest BCUT2D eigenvalue weighted by Gasteiger charge is -2.40. The molecule has 0 saturated carbocycles. The first kappa shape index (κ1) is 20.5. The van der Waals surface area contributed by atoms with Gasteiger partial charge in [0.05, 0.1) is 0 Å². The van der Waals surface area contributed by atoms with E-state index in [1.807, 2.05) is 18.9 Å². The Bertz CT molecular complexity index is 802. The molecule has 2 heterocycles. The zero-order valence-electron chi connectivity index (χ0n) is 17.2. The van der Waals surface area contributed by atoms with Crippen molar-refractivity contribution in [3.8, 4) is 0 Å². The Kier molecular flexibility index (Phi) is 6.15. The molecule has 3 rings (SSSR count). The summed E-state index contributed by atoms with van der Waals surface area (Å²) < 4.78 is 4.72. The van der Waals surface area contributed by atoms with Gasteiger partial charge < -0.3 is 10.0 Å². The molecule has 0 spiro atoms. The summed E-state index contributed by atoms with van der Waals surface area (Å²) in [6.07, 6.45) is 1.25. The number of piperidine rings is 1. The van der Waals surface area contributed by atoms with Gasteiger partial charge >= 0.3 is 0 Å². The molecule has 152 valence electrons. The molecule has 1 fully saturated rings. The lowest BCUT2D eigenvalue weighted by atomic mass is 9.90. The van der Waals surface area contributed by atoms with Crippen molar-refractivity contribution in [2.45, 2.75) is 58.2 Å². The highest BCUT2D eigenvalue weighted by molar-refractivity contribution is 5.86. The number of likely N-dealkylation sites (tertiary alicyclic amines) is 1. The van der Waals surface area contributed by atoms with Gasteiger partial charge in [-0.1, -0.05) is 48.4 Å². The molecule has 1 aliphatic rings. The van der Waals surface area contributed by atoms with E-state index < -0.39 is 5.60 Å². The number of nitrogens with zero attached hydrogens (tertiary/aromatic N) is 4. The van der Waals surface area contributed by atoms with Crippen LogP contribution in [0.3, 0.4) is 0 Å². The first-order chi connectivity index (χ1) is 13.3. The zero-order valence-corrected chi connectivity index (χ0v) is 17.2. The summed E-state index contributed by atoms with van der Waals surface area (Å²) in [5.74, 6) is 0.281. The SMILES string of the molecule is Cc1nonc1CN(C)CC1(O)CCCN(Cc2ccc(C(C)C)cc2)C1=O. The summed E-state index contributed by atoms with van der Waals surface area (Å²) in [6, 6.07) is 8.37. The van der Waals surface area contributed by atoms with Crippen LogP contribution in [0.2, 0.25) is 0 Å². The highest BCUT2D eigenvalue weighted by atomic mass is 16.6. The van der Waals surface area contributed by atoms with Crippen LogP contribution < -0.4 is 0 Å². The average Bonchev–Trinajstić information content (AvgIpc) is 3.04. The Labute approximate surface area is 166 Å². The van der Waals surface area contributed by atoms with Crippen LogP contribution >= 0.6 is 0 Å². The maximum Gasteiger partial charge on any atom is 0.256 e. The van der Waals surface area contributed by atoms with Gasteiger partial charge in [-0.05, 0) is 43.9 Å². The maximum atomic E-state index is 13.0. The lowest BCUT2D eigenvalue weighted by molar-refractivity contribution is -0.160. The number of amides is 1. The molecular formula is C21H30N4O3. The van der Waals surface area contributed by atoms with E-state index in [1.54, 1.807) is 4.90 Å². The molecule has 1 amide bonds. The fourth-order valence-electron chi connectivity index (χ4n) is 3.74. The van der Waals surface area contributed by atoms with Gasteiger partial charge in [0.25, 0.3) is 5.91 Å². The zero-order chi connectivity index (χ0) is 20.3. The second-order valence-corrected chi connectivity index (χ2v) is 8.23. The van der Waals surface area contributed by atoms with E-state index in [2.05, 4.69) is 48.4 Å². The Hall–Kier alpha value is -2.25. The molecule has 7 heteroatoms. The smallest absolute Gasteiger partial charge is 0.256 e. The van der Waals surface area contributed by atoms with E-state index >= 15 is 0 Å². The van der Waals surface area contributed by atoms with E-state index in [-0.39, 0.29) is 12.5 Å². The summed E-state index contributed by atoms with van der Waals surface area (Å²) in [7, 11) is 1.86. The van der Waals surface area contributed by atoms with Crippen molar-refractivity contribution in [2.24, 2.45) is 0 Å². The molecule has 1 saturated heterocycles. The number of aryl methyl sites for hydroxylation is 1. The lowest BCUT2D eigenvalue weighted by Crippen LogP contribution is -2.57. The fraction of sp³-hybridized carbons (Fsp3) is 0.571. The number of rotatable bonds is 7. The highest BCUT2D eigenvalue weighted by Gasteiger charge is 2.42. The molecule has 28 heavy (non-hydrogen) atoms. The number of likely N-dealkylation sites (N-methyl/N-ethyl adjacent to an activating group) is 1. The Morgan fingerprint density at radius 2 is 2.00 bits per heavy atom. The molecule has 0 radical (unpaired) electrons. The predicted octanol–water partition coefficient (Wildman–Crippen LogP) is 2.49. The van der Waals surface area contributed by atoms with Crippen LogP contribution in [0.5, 0.6) is 0 Å². The molecule has 7 nitrogen and oxygen atoms in total. The second kappa shape index (κ2) is 8.41. The van der Waals surface area contributed by atoms with Crippen molar-refractivity contribution < 1.29 is 14.5 Å². The van der Waals surface area contributed by atoms with Crippen molar-refractivity contribution in [1.82, 2.24) is 20.1 Å². The molecule has 1 atom stereocenters. The van der Waals surface area contributed by atoms with Gasteiger partial charge in [-0.25, -0.2) is 4.63 Å². The fourth-order valence-corrected chi connectivity index (χ4v) is 3.74. The van der Waals surface area contributed by atoms with Gasteiger partial charge in [0.15, 0.2) is 5.60 Å². The molecule has 1 aromatic heterocycles. The summed E-state index contributed by atoms with van der Waals surface area (Å²) in [6.45, 7) is 8.07. The Morgan fingerprint density at radius 1 is 1.29 bits per heavy atom. The van der Waals surface area contributed by atoms with E-state index in [9.17, 15) is 9.90 Å². The van der Waals surface area contributed by atoms with Gasteiger partial charge in [-0.3, -0.25) is 9.69 Å². The maximum absolute atomic E-state index is 13.0. The first-order valence-electron chi connectivity index (χ1n) is 9.85. The van der Waals surface area contributed by atoms with Crippen LogP contribution in [-0.4, -0.2) is 56.9 Å². The highest BCUT2D eigenvalue weighted by Crippen LogP contribution is 2.26. The van der Waals surface area contributed by atoms with Gasteiger partial charge in [-0.15, -0.1) is 0 Å². The number of hydrogen-bond acceptors (Lipinski definition) is 6. The largest absolute Gasteiger partial charge is 0.379 e. The third kappa shape index (κ3) is 4.59. The van der Waals surface area contributed by atoms with Gasteiger partial charge in [-0.2, -0.15) is 0 Å². The number of carbonyl (C=O) groups is 1. The summed E-state index contributed by atoms with van der Waals surface area (Å²) in [4.78, 5) is 16.7. The summed E-state index contributed by atoms with van der Waals surface area (Å²) >= 11 is 0. The standard InChI is InChI=1S/C21H30N4O3/c1-15(2)18-8-6-17(7-9-18)12-25-11-5-10-21(27,20(25)26)14-24(4)13-19-16(3)22-28-23-19/h6-9,15,27H,5,10-14H2,1-4H3. The van der Waals surface area contributed by atoms with Crippen LogP contribution in [0.25, 0.3) is 0 Å². The minimum Gasteiger partial charge on any atom is -0.379 e. The minimum absolute atomic E-state index is 0.200. The van der Waals surface area contributed by atoms with Crippen molar-refractivity contribution >= 4 is 5.91 Å². The van der Waals surface area contributed by atoms with Crippen LogP contribution in [0.15, 0.2) is 28.9 Å². The Morgan fingerprint density at radius 3 is 2.61 bits per heavy atom. The summed E-state index contributed by atoms with van der Waals surface area (Å²) in [5, 5.41) is 18.7. The first-order valence-corrected chi connectivity index (χ1v) is 9.85. The van der Waals surface area contributed by atoms with Crippen molar-refractivity contribution in [2.75, 3.05) is 20.1 Å². The topological polar surface area (TPSA) is 82.7 Å². The molecule has 1 aliphatic heterocycles. The van der Waals surface area contributed by atoms with Crippen molar-refractivity contribution in [3.63, 3.8) is 0 Å². The third-order valence-electron chi connectivity index (χ3n) is 5.42. The van der Waals surface area contributed by atoms with Crippen LogP contribution in [0, 0.1) is 6.92 Å². The quantitative estimate of drug-likeness (QED) is 0.787. The average molecular weight is 386 g/mol. The van der Waals surface area contributed by atoms with Crippen LogP contribution in [0.4, 0.5) is 0 Å². The van der Waals surface area contributed by atoms with E-state index in [0.717, 1.165) is 23.4 Å². The molecule has 1 N–H and O–H groups in total. The monoisotopic (exact) mass is 386 g/mol. The van der Waals surface area contributed by atoms with E-state index in [4.69, 9.17) is 4.63 Å². The second-order valence-electron chi connectivity index (χ2n) is 8.23. The van der Waals surface area contributed by atoms with Gasteiger partial charge in [0.1, 0.15) is 11.4 Å². The number of carbonyl (C=O) groups excluding carboxylic acids is 1. The van der Waals surface area contributed by atoms with Gasteiger partial charge in [0.2, 0.25) is 0 Å². The van der Waals surface area contributed by atoms with Crippen molar-refractivity contribution in [1.29, 1.82) is 0 Å². The predicted molar refractivity (Wildman–Crippen MR) is 106 cm³/mol. The van der Waals surface area contributed by atoms with Crippen LogP contribution in [-0.2, 0) is 17.9 Å². The number of aliphatic hydroxyl groups is 1. The normalized spacial score (nSPS) is 20.4. The Balaban J connectivity index is 1.64. The van der Waals surface area contributed by atoms with Crippen LogP contribution in [0.1, 0.15) is 55.1 Å². The molecule has 0 bridgehead atoms. The van der Waals surface area contributed by atoms with E-state index in [1.165, 1.54) is 5.56 Å². The minimum atomic E-state index is -1.38. The molecule has 2 aromatic rings. The summed E-state index contributed by atoms with van der Waals surface area (Å²) in [5.41, 5.74) is 2.43. The number of aromatic nitrogens is 2. The number of benzene rings is 1.